The van der Waals surface area contributed by atoms with Gasteiger partial charge in [0.05, 0.1) is 16.8 Å². The van der Waals surface area contributed by atoms with E-state index in [-0.39, 0.29) is 4.80 Å². The van der Waals surface area contributed by atoms with Gasteiger partial charge in [0.25, 0.3) is 5.91 Å². The molecule has 2 amide bonds. The fourth-order valence-electron chi connectivity index (χ4n) is 3.16. The van der Waals surface area contributed by atoms with Crippen LogP contribution in [0.5, 0.6) is 0 Å². The molecule has 0 atom stereocenters. The minimum absolute atomic E-state index is 0.258. The molecule has 158 valence electrons. The van der Waals surface area contributed by atoms with Crippen molar-refractivity contribution < 1.29 is 27.1 Å². The molecule has 11 heteroatoms. The van der Waals surface area contributed by atoms with Crippen molar-refractivity contribution in [3.8, 4) is 0 Å². The lowest BCUT2D eigenvalue weighted by molar-refractivity contribution is -0.127. The molecule has 0 spiro atoms. The van der Waals surface area contributed by atoms with Crippen molar-refractivity contribution >= 4 is 43.2 Å². The first-order valence-corrected chi connectivity index (χ1v) is 11.8. The lowest BCUT2D eigenvalue weighted by Gasteiger charge is -2.14. The minimum atomic E-state index is -3.93. The van der Waals surface area contributed by atoms with E-state index in [4.69, 9.17) is 4.74 Å². The number of nitrogens with zero attached hydrogens (tertiary/aromatic N) is 3. The fraction of sp³-hybridized carbons (Fsp3) is 0.500. The maximum atomic E-state index is 13.5. The van der Waals surface area contributed by atoms with Crippen LogP contribution in [0.2, 0.25) is 0 Å². The van der Waals surface area contributed by atoms with Crippen molar-refractivity contribution in [3.63, 3.8) is 0 Å². The van der Waals surface area contributed by atoms with Crippen LogP contribution in [0.1, 0.15) is 12.8 Å². The van der Waals surface area contributed by atoms with Gasteiger partial charge in [-0.15, -0.1) is 0 Å². The maximum absolute atomic E-state index is 13.5. The van der Waals surface area contributed by atoms with Gasteiger partial charge in [0.15, 0.2) is 14.6 Å². The molecule has 0 bridgehead atoms. The number of aromatic nitrogens is 1. The molecule has 1 fully saturated rings. The van der Waals surface area contributed by atoms with Crippen molar-refractivity contribution in [2.45, 2.75) is 19.4 Å². The summed E-state index contributed by atoms with van der Waals surface area (Å²) in [6, 6.07) is 4.21. The molecule has 8 nitrogen and oxygen atoms in total. The number of sulfone groups is 1. The van der Waals surface area contributed by atoms with E-state index in [2.05, 4.69) is 4.99 Å². The van der Waals surface area contributed by atoms with E-state index >= 15 is 0 Å². The van der Waals surface area contributed by atoms with E-state index in [1.54, 1.807) is 10.6 Å². The second-order valence-corrected chi connectivity index (χ2v) is 9.84. The van der Waals surface area contributed by atoms with Crippen molar-refractivity contribution in [1.29, 1.82) is 0 Å². The summed E-state index contributed by atoms with van der Waals surface area (Å²) in [4.78, 5) is 30.1. The molecule has 1 saturated heterocycles. The van der Waals surface area contributed by atoms with Crippen LogP contribution in [0.15, 0.2) is 23.2 Å². The van der Waals surface area contributed by atoms with E-state index in [0.29, 0.717) is 36.5 Å². The van der Waals surface area contributed by atoms with Crippen molar-refractivity contribution in [3.05, 3.63) is 28.8 Å². The zero-order chi connectivity index (χ0) is 21.0. The average molecular weight is 444 g/mol. The van der Waals surface area contributed by atoms with E-state index in [1.807, 2.05) is 0 Å². The lowest BCUT2D eigenvalue weighted by Crippen LogP contribution is -2.35. The summed E-state index contributed by atoms with van der Waals surface area (Å²) in [6.07, 6.45) is 1.71. The van der Waals surface area contributed by atoms with Gasteiger partial charge in [-0.1, -0.05) is 11.3 Å². The van der Waals surface area contributed by atoms with Crippen molar-refractivity contribution in [2.75, 3.05) is 38.3 Å². The zero-order valence-electron chi connectivity index (χ0n) is 16.0. The number of methoxy groups -OCH3 is 1. The Morgan fingerprint density at radius 3 is 2.66 bits per heavy atom. The molecule has 1 aromatic carbocycles. The van der Waals surface area contributed by atoms with Crippen LogP contribution in [0.25, 0.3) is 10.2 Å². The molecule has 0 saturated carbocycles. The van der Waals surface area contributed by atoms with Gasteiger partial charge in [-0.25, -0.2) is 12.8 Å². The molecule has 1 aromatic heterocycles. The Hall–Kier alpha value is -2.11. The molecule has 2 heterocycles. The number of likely N-dealkylation sites (tertiary alicyclic amines) is 1. The summed E-state index contributed by atoms with van der Waals surface area (Å²) in [5, 5.41) is 0. The number of rotatable bonds is 7. The van der Waals surface area contributed by atoms with Crippen LogP contribution in [-0.2, 0) is 30.7 Å². The fourth-order valence-corrected chi connectivity index (χ4v) is 5.36. The summed E-state index contributed by atoms with van der Waals surface area (Å²) >= 11 is 1.09. The van der Waals surface area contributed by atoms with E-state index in [9.17, 15) is 22.4 Å². The van der Waals surface area contributed by atoms with E-state index in [1.165, 1.54) is 24.1 Å². The molecule has 0 aliphatic carbocycles. The molecule has 0 radical (unpaired) electrons. The quantitative estimate of drug-likeness (QED) is 0.635. The molecule has 0 unspecified atom stereocenters. The Balaban J connectivity index is 1.82. The summed E-state index contributed by atoms with van der Waals surface area (Å²) in [5.41, 5.74) is 0.673. The highest BCUT2D eigenvalue weighted by Crippen LogP contribution is 2.18. The predicted octanol–water partition coefficient (Wildman–Crippen LogP) is 0.953. The second kappa shape index (κ2) is 9.14. The number of hydrogen-bond donors (Lipinski definition) is 0. The van der Waals surface area contributed by atoms with E-state index < -0.39 is 39.0 Å². The third-order valence-electron chi connectivity index (χ3n) is 4.53. The molecular weight excluding hydrogens is 421 g/mol. The largest absolute Gasteiger partial charge is 0.383 e. The number of halogens is 1. The lowest BCUT2D eigenvalue weighted by atomic mass is 10.3. The Kier molecular flexibility index (Phi) is 6.81. The first kappa shape index (κ1) is 21.6. The number of carbonyl (C=O) groups excluding carboxylic acids is 2. The Morgan fingerprint density at radius 2 is 1.97 bits per heavy atom. The van der Waals surface area contributed by atoms with Crippen molar-refractivity contribution in [2.24, 2.45) is 4.99 Å². The van der Waals surface area contributed by atoms with Crippen LogP contribution >= 0.6 is 11.3 Å². The van der Waals surface area contributed by atoms with Gasteiger partial charge in [0.1, 0.15) is 17.3 Å². The number of amides is 2. The normalized spacial score (nSPS) is 15.4. The second-order valence-electron chi connectivity index (χ2n) is 6.77. The van der Waals surface area contributed by atoms with Crippen LogP contribution < -0.4 is 4.80 Å². The molecule has 1 aliphatic rings. The smallest absolute Gasteiger partial charge is 0.263 e. The molecular formula is C18H22FN3O5S2. The summed E-state index contributed by atoms with van der Waals surface area (Å²) in [7, 11) is -2.40. The Bertz CT molecular complexity index is 1080. The number of hydrogen-bond acceptors (Lipinski definition) is 6. The van der Waals surface area contributed by atoms with Gasteiger partial charge in [-0.05, 0) is 31.0 Å². The van der Waals surface area contributed by atoms with Crippen LogP contribution in [0, 0.1) is 5.82 Å². The summed E-state index contributed by atoms with van der Waals surface area (Å²) in [6.45, 7) is 1.80. The molecule has 3 rings (SSSR count). The van der Waals surface area contributed by atoms with Gasteiger partial charge >= 0.3 is 0 Å². The summed E-state index contributed by atoms with van der Waals surface area (Å²) < 4.78 is 45.4. The monoisotopic (exact) mass is 443 g/mol. The highest BCUT2D eigenvalue weighted by atomic mass is 32.2. The van der Waals surface area contributed by atoms with Gasteiger partial charge in [0, 0.05) is 26.7 Å². The van der Waals surface area contributed by atoms with Crippen LogP contribution in [0.3, 0.4) is 0 Å². The van der Waals surface area contributed by atoms with Gasteiger partial charge in [0.2, 0.25) is 5.91 Å². The maximum Gasteiger partial charge on any atom is 0.263 e. The third kappa shape index (κ3) is 5.49. The standard InChI is InChI=1S/C18H22FN3O5S2/c1-27-9-8-22-14-5-4-13(19)10-15(14)28-18(22)20-16(23)11-29(25,26)12-17(24)21-6-2-3-7-21/h4-5,10H,2-3,6-9,11-12H2,1H3. The van der Waals surface area contributed by atoms with Gasteiger partial charge in [-0.3, -0.25) is 9.59 Å². The van der Waals surface area contributed by atoms with Crippen molar-refractivity contribution in [1.82, 2.24) is 9.47 Å². The first-order chi connectivity index (χ1) is 13.8. The van der Waals surface area contributed by atoms with Gasteiger partial charge in [-0.2, -0.15) is 4.99 Å². The Labute approximate surface area is 171 Å². The SMILES string of the molecule is COCCn1c(=NC(=O)CS(=O)(=O)CC(=O)N2CCCC2)sc2cc(F)ccc21. The number of thiazole rings is 1. The van der Waals surface area contributed by atoms with Crippen LogP contribution in [-0.4, -0.2) is 68.0 Å². The zero-order valence-corrected chi connectivity index (χ0v) is 17.6. The average Bonchev–Trinajstić information content (AvgIpc) is 3.26. The third-order valence-corrected chi connectivity index (χ3v) is 6.94. The predicted molar refractivity (Wildman–Crippen MR) is 107 cm³/mol. The molecule has 2 aromatic rings. The minimum Gasteiger partial charge on any atom is -0.383 e. The van der Waals surface area contributed by atoms with Gasteiger partial charge < -0.3 is 14.2 Å². The Morgan fingerprint density at radius 1 is 1.24 bits per heavy atom. The molecule has 0 N–H and O–H groups in total. The highest BCUT2D eigenvalue weighted by Gasteiger charge is 2.26. The van der Waals surface area contributed by atoms with E-state index in [0.717, 1.165) is 24.2 Å². The molecule has 29 heavy (non-hydrogen) atoms. The topological polar surface area (TPSA) is 98.0 Å². The number of ether oxygens (including phenoxy) is 1. The molecule has 1 aliphatic heterocycles. The van der Waals surface area contributed by atoms with Crippen LogP contribution in [0.4, 0.5) is 4.39 Å². The number of fused-ring (bicyclic) bond motifs is 1. The number of carbonyl (C=O) groups is 2. The highest BCUT2D eigenvalue weighted by molar-refractivity contribution is 7.92. The first-order valence-electron chi connectivity index (χ1n) is 9.12. The number of benzene rings is 1. The summed E-state index contributed by atoms with van der Waals surface area (Å²) in [5.74, 6) is -3.31.